The molecular weight excluding hydrogens is 430 g/mol. The molecule has 3 aromatic rings. The Morgan fingerprint density at radius 1 is 0.941 bits per heavy atom. The van der Waals surface area contributed by atoms with Crippen molar-refractivity contribution >= 4 is 23.1 Å². The van der Waals surface area contributed by atoms with Gasteiger partial charge >= 0.3 is 0 Å². The zero-order chi connectivity index (χ0) is 23.8. The first-order valence-corrected chi connectivity index (χ1v) is 11.3. The molecule has 1 amide bonds. The minimum atomic E-state index is -0.931. The number of methoxy groups -OCH3 is 1. The molecule has 2 aliphatic rings. The van der Waals surface area contributed by atoms with Crippen LogP contribution in [0, 0.1) is 0 Å². The van der Waals surface area contributed by atoms with Crippen LogP contribution in [-0.2, 0) is 22.4 Å². The molecule has 3 aromatic carbocycles. The lowest BCUT2D eigenvalue weighted by Gasteiger charge is -2.26. The number of carbonyl (C=O) groups is 2. The number of nitrogens with zero attached hydrogens (tertiary/aromatic N) is 1. The Labute approximate surface area is 197 Å². The van der Waals surface area contributed by atoms with Gasteiger partial charge in [0, 0.05) is 5.56 Å². The Morgan fingerprint density at radius 3 is 2.47 bits per heavy atom. The van der Waals surface area contributed by atoms with E-state index in [1.54, 1.807) is 48.5 Å². The molecule has 1 atom stereocenters. The van der Waals surface area contributed by atoms with Gasteiger partial charge in [0.2, 0.25) is 0 Å². The van der Waals surface area contributed by atoms with Gasteiger partial charge in [-0.15, -0.1) is 0 Å². The van der Waals surface area contributed by atoms with Gasteiger partial charge in [-0.1, -0.05) is 36.4 Å². The summed E-state index contributed by atoms with van der Waals surface area (Å²) in [5.41, 5.74) is 3.68. The van der Waals surface area contributed by atoms with Crippen molar-refractivity contribution in [3.8, 4) is 11.5 Å². The van der Waals surface area contributed by atoms with Crippen LogP contribution in [0.5, 0.6) is 11.5 Å². The van der Waals surface area contributed by atoms with Crippen LogP contribution in [0.25, 0.3) is 5.76 Å². The van der Waals surface area contributed by atoms with Crippen molar-refractivity contribution < 1.29 is 24.5 Å². The van der Waals surface area contributed by atoms with Gasteiger partial charge in [0.15, 0.2) is 0 Å². The number of phenolic OH excluding ortho intramolecular Hbond substituents is 1. The molecule has 0 bridgehead atoms. The van der Waals surface area contributed by atoms with Crippen molar-refractivity contribution in [3.63, 3.8) is 0 Å². The molecule has 1 unspecified atom stereocenters. The van der Waals surface area contributed by atoms with E-state index in [1.807, 2.05) is 12.1 Å². The number of phenols is 1. The number of rotatable bonds is 4. The Balaban J connectivity index is 1.72. The molecule has 2 N–H and O–H groups in total. The third-order valence-electron chi connectivity index (χ3n) is 6.62. The topological polar surface area (TPSA) is 87.1 Å². The highest BCUT2D eigenvalue weighted by molar-refractivity contribution is 6.51. The fourth-order valence-electron chi connectivity index (χ4n) is 4.91. The molecule has 6 heteroatoms. The summed E-state index contributed by atoms with van der Waals surface area (Å²) in [6, 6.07) is 18.2. The molecule has 1 aliphatic heterocycles. The van der Waals surface area contributed by atoms with Crippen LogP contribution in [0.2, 0.25) is 0 Å². The van der Waals surface area contributed by atoms with E-state index < -0.39 is 17.7 Å². The molecule has 0 saturated carbocycles. The summed E-state index contributed by atoms with van der Waals surface area (Å²) in [6.07, 6.45) is 4.14. The molecule has 0 radical (unpaired) electrons. The Kier molecular flexibility index (Phi) is 5.57. The van der Waals surface area contributed by atoms with Crippen LogP contribution < -0.4 is 9.64 Å². The number of hydrogen-bond donors (Lipinski definition) is 2. The number of aryl methyl sites for hydroxylation is 2. The monoisotopic (exact) mass is 455 g/mol. The number of aromatic hydroxyl groups is 1. The summed E-state index contributed by atoms with van der Waals surface area (Å²) < 4.78 is 5.36. The lowest BCUT2D eigenvalue weighted by atomic mass is 9.88. The van der Waals surface area contributed by atoms with Crippen LogP contribution in [0.4, 0.5) is 5.69 Å². The quantitative estimate of drug-likeness (QED) is 0.332. The number of fused-ring (bicyclic) bond motifs is 1. The largest absolute Gasteiger partial charge is 0.507 e. The second-order valence-electron chi connectivity index (χ2n) is 8.63. The molecular formula is C28H25NO5. The summed E-state index contributed by atoms with van der Waals surface area (Å²) in [4.78, 5) is 27.8. The summed E-state index contributed by atoms with van der Waals surface area (Å²) >= 11 is 0. The number of benzene rings is 3. The fourth-order valence-corrected chi connectivity index (χ4v) is 4.91. The highest BCUT2D eigenvalue weighted by atomic mass is 16.5. The zero-order valence-corrected chi connectivity index (χ0v) is 18.8. The number of anilines is 1. The standard InChI is InChI=1S/C28H25NO5/c1-34-21-10-6-9-19(16-21)25-24(26(31)20-14-13-17-7-2-3-8-18(17)15-20)27(32)28(33)29(25)22-11-4-5-12-23(22)30/h4-6,9-16,25,30-31H,2-3,7-8H2,1H3/b26-24-. The van der Waals surface area contributed by atoms with E-state index in [2.05, 4.69) is 0 Å². The van der Waals surface area contributed by atoms with Crippen molar-refractivity contribution in [1.29, 1.82) is 0 Å². The van der Waals surface area contributed by atoms with Gasteiger partial charge in [0.25, 0.3) is 11.7 Å². The Bertz CT molecular complexity index is 1330. The lowest BCUT2D eigenvalue weighted by Crippen LogP contribution is -2.29. The van der Waals surface area contributed by atoms with Crippen LogP contribution in [-0.4, -0.2) is 29.0 Å². The van der Waals surface area contributed by atoms with Crippen LogP contribution in [0.15, 0.2) is 72.3 Å². The summed E-state index contributed by atoms with van der Waals surface area (Å²) in [5.74, 6) is -1.42. The summed E-state index contributed by atoms with van der Waals surface area (Å²) in [5, 5.41) is 21.9. The van der Waals surface area contributed by atoms with Gasteiger partial charge < -0.3 is 14.9 Å². The smallest absolute Gasteiger partial charge is 0.300 e. The number of aliphatic hydroxyl groups is 1. The van der Waals surface area contributed by atoms with Crippen LogP contribution >= 0.6 is 0 Å². The highest BCUT2D eigenvalue weighted by Gasteiger charge is 2.47. The number of aliphatic hydroxyl groups excluding tert-OH is 1. The number of carbonyl (C=O) groups excluding carboxylic acids is 2. The molecule has 0 spiro atoms. The van der Waals surface area contributed by atoms with Gasteiger partial charge in [-0.25, -0.2) is 0 Å². The lowest BCUT2D eigenvalue weighted by molar-refractivity contribution is -0.132. The van der Waals surface area contributed by atoms with Gasteiger partial charge in [-0.05, 0) is 72.7 Å². The van der Waals surface area contributed by atoms with Crippen molar-refractivity contribution in [1.82, 2.24) is 0 Å². The first-order chi connectivity index (χ1) is 16.5. The van der Waals surface area contributed by atoms with Crippen LogP contribution in [0.3, 0.4) is 0 Å². The number of amides is 1. The van der Waals surface area contributed by atoms with E-state index in [4.69, 9.17) is 4.74 Å². The fraction of sp³-hybridized carbons (Fsp3) is 0.214. The first kappa shape index (κ1) is 21.8. The third kappa shape index (κ3) is 3.61. The van der Waals surface area contributed by atoms with Gasteiger partial charge in [0.05, 0.1) is 24.4 Å². The number of ketones is 1. The van der Waals surface area contributed by atoms with Crippen molar-refractivity contribution in [2.24, 2.45) is 0 Å². The Hall–Kier alpha value is -4.06. The molecule has 34 heavy (non-hydrogen) atoms. The average molecular weight is 456 g/mol. The van der Waals surface area contributed by atoms with E-state index >= 15 is 0 Å². The van der Waals surface area contributed by atoms with E-state index in [9.17, 15) is 19.8 Å². The van der Waals surface area contributed by atoms with E-state index in [0.717, 1.165) is 31.2 Å². The second kappa shape index (κ2) is 8.71. The van der Waals surface area contributed by atoms with Crippen molar-refractivity contribution in [2.45, 2.75) is 31.7 Å². The Morgan fingerprint density at radius 2 is 1.71 bits per heavy atom. The van der Waals surface area contributed by atoms with E-state index in [1.165, 1.54) is 23.6 Å². The molecule has 0 aromatic heterocycles. The molecule has 1 fully saturated rings. The molecule has 1 aliphatic carbocycles. The predicted molar refractivity (Wildman–Crippen MR) is 129 cm³/mol. The maximum absolute atomic E-state index is 13.3. The molecule has 5 rings (SSSR count). The second-order valence-corrected chi connectivity index (χ2v) is 8.63. The minimum absolute atomic E-state index is 0.0164. The maximum Gasteiger partial charge on any atom is 0.300 e. The number of Topliss-reactive ketones (excluding diaryl/α,β-unsaturated/α-hetero) is 1. The zero-order valence-electron chi connectivity index (χ0n) is 18.8. The number of para-hydroxylation sites is 2. The first-order valence-electron chi connectivity index (χ1n) is 11.3. The third-order valence-corrected chi connectivity index (χ3v) is 6.62. The minimum Gasteiger partial charge on any atom is -0.507 e. The van der Waals surface area contributed by atoms with Gasteiger partial charge in [-0.3, -0.25) is 14.5 Å². The molecule has 1 heterocycles. The van der Waals surface area contributed by atoms with Crippen molar-refractivity contribution in [2.75, 3.05) is 12.0 Å². The van der Waals surface area contributed by atoms with Gasteiger partial charge in [0.1, 0.15) is 17.3 Å². The molecule has 1 saturated heterocycles. The van der Waals surface area contributed by atoms with Crippen LogP contribution in [0.1, 0.15) is 41.1 Å². The average Bonchev–Trinajstić information content (AvgIpc) is 3.13. The maximum atomic E-state index is 13.3. The number of hydrogen-bond acceptors (Lipinski definition) is 5. The van der Waals surface area contributed by atoms with Gasteiger partial charge in [-0.2, -0.15) is 0 Å². The highest BCUT2D eigenvalue weighted by Crippen LogP contribution is 2.45. The molecule has 6 nitrogen and oxygen atoms in total. The normalized spacial score (nSPS) is 19.2. The van der Waals surface area contributed by atoms with Crippen molar-refractivity contribution in [3.05, 3.63) is 94.6 Å². The predicted octanol–water partition coefficient (Wildman–Crippen LogP) is 4.91. The summed E-state index contributed by atoms with van der Waals surface area (Å²) in [6.45, 7) is 0. The van der Waals surface area contributed by atoms with E-state index in [-0.39, 0.29) is 22.8 Å². The SMILES string of the molecule is COc1cccc(C2/C(=C(/O)c3ccc4c(c3)CCCC4)C(=O)C(=O)N2c2ccccc2O)c1. The molecule has 172 valence electrons. The summed E-state index contributed by atoms with van der Waals surface area (Å²) in [7, 11) is 1.53. The van der Waals surface area contributed by atoms with E-state index in [0.29, 0.717) is 16.9 Å². The number of ether oxygens (including phenoxy) is 1.